The highest BCUT2D eigenvalue weighted by Gasteiger charge is 2.46. The lowest BCUT2D eigenvalue weighted by molar-refractivity contribution is 0.0144. The van der Waals surface area contributed by atoms with Crippen molar-refractivity contribution < 1.29 is 22.7 Å². The first-order valence-corrected chi connectivity index (χ1v) is 17.8. The van der Waals surface area contributed by atoms with Gasteiger partial charge in [-0.2, -0.15) is 15.2 Å². The van der Waals surface area contributed by atoms with E-state index in [2.05, 4.69) is 29.0 Å². The minimum Gasteiger partial charge on any atom is -0.462 e. The molecular weight excluding hydrogens is 592 g/mol. The van der Waals surface area contributed by atoms with Gasteiger partial charge < -0.3 is 24.2 Å². The predicted octanol–water partition coefficient (Wildman–Crippen LogP) is 3.64. The number of piperazine rings is 1. The molecule has 0 N–H and O–H groups in total. The number of nitriles is 1. The number of amides is 1. The Balaban J connectivity index is 1.35. The van der Waals surface area contributed by atoms with E-state index in [0.29, 0.717) is 51.5 Å². The fourth-order valence-electron chi connectivity index (χ4n) is 7.55. The van der Waals surface area contributed by atoms with Crippen LogP contribution in [0, 0.1) is 11.3 Å². The van der Waals surface area contributed by atoms with Gasteiger partial charge in [-0.1, -0.05) is 24.3 Å². The number of carbonyl (C=O) groups is 1. The topological polar surface area (TPSA) is 129 Å². The number of benzene rings is 1. The highest BCUT2D eigenvalue weighted by molar-refractivity contribution is 7.90. The highest BCUT2D eigenvalue weighted by Crippen LogP contribution is 2.46. The molecule has 2 aromatic rings. The zero-order valence-corrected chi connectivity index (χ0v) is 27.6. The van der Waals surface area contributed by atoms with E-state index in [-0.39, 0.29) is 30.0 Å². The van der Waals surface area contributed by atoms with Crippen LogP contribution in [0.2, 0.25) is 0 Å². The second-order valence-corrected chi connectivity index (χ2v) is 16.2. The number of rotatable bonds is 5. The van der Waals surface area contributed by atoms with Crippen LogP contribution in [-0.2, 0) is 38.6 Å². The van der Waals surface area contributed by atoms with Gasteiger partial charge in [0.1, 0.15) is 18.0 Å². The van der Waals surface area contributed by atoms with Gasteiger partial charge in [0, 0.05) is 43.1 Å². The van der Waals surface area contributed by atoms with Crippen molar-refractivity contribution in [3.05, 3.63) is 46.6 Å². The number of sulfone groups is 1. The van der Waals surface area contributed by atoms with Gasteiger partial charge in [-0.05, 0) is 71.2 Å². The van der Waals surface area contributed by atoms with Crippen molar-refractivity contribution in [2.45, 2.75) is 88.1 Å². The fraction of sp³-hybridized carbons (Fsp3) is 0.636. The Hall–Kier alpha value is -3.43. The second kappa shape index (κ2) is 12.1. The maximum atomic E-state index is 13.2. The van der Waals surface area contributed by atoms with Crippen LogP contribution in [0.4, 0.5) is 10.6 Å². The third-order valence-electron chi connectivity index (χ3n) is 9.68. The first-order chi connectivity index (χ1) is 21.4. The van der Waals surface area contributed by atoms with E-state index >= 15 is 0 Å². The number of carbonyl (C=O) groups excluding carboxylic acids is 1. The Bertz CT molecular complexity index is 1600. The number of hydrogen-bond acceptors (Lipinski definition) is 10. The van der Waals surface area contributed by atoms with E-state index in [1.54, 1.807) is 4.90 Å². The molecule has 1 aromatic carbocycles. The molecule has 1 spiro atoms. The molecule has 12 heteroatoms. The maximum absolute atomic E-state index is 13.2. The molecule has 3 aliphatic heterocycles. The standard InChI is InChI=1S/C33H44N6O5S/c1-32(2,3)44-31(40)39-17-16-38(19-24(39)12-14-34)29-26-11-13-33(22-45(41,42)21-23-8-5-6-10-27(23)33)18-28(26)35-30(36-29)43-20-25-9-7-15-37(25)4/h5-6,8,10,24-25H,7,9,11-13,15-22H2,1-4H3/t24-,25-,33?/m0/s1. The van der Waals surface area contributed by atoms with Gasteiger partial charge in [-0.3, -0.25) is 0 Å². The number of aromatic nitrogens is 2. The summed E-state index contributed by atoms with van der Waals surface area (Å²) in [7, 11) is -1.18. The van der Waals surface area contributed by atoms with Gasteiger partial charge in [0.25, 0.3) is 0 Å². The molecule has 1 aliphatic carbocycles. The largest absolute Gasteiger partial charge is 0.462 e. The Labute approximate surface area is 266 Å². The summed E-state index contributed by atoms with van der Waals surface area (Å²) in [6.45, 7) is 8.33. The lowest BCUT2D eigenvalue weighted by Crippen LogP contribution is -2.56. The van der Waals surface area contributed by atoms with Crippen molar-refractivity contribution in [2.75, 3.05) is 50.5 Å². The fourth-order valence-corrected chi connectivity index (χ4v) is 9.62. The number of likely N-dealkylation sites (N-methyl/N-ethyl adjacent to an activating group) is 1. The quantitative estimate of drug-likeness (QED) is 0.480. The molecule has 0 bridgehead atoms. The molecule has 0 saturated carbocycles. The number of hydrogen-bond donors (Lipinski definition) is 0. The van der Waals surface area contributed by atoms with Crippen molar-refractivity contribution in [1.82, 2.24) is 19.8 Å². The number of likely N-dealkylation sites (tertiary alicyclic amines) is 1. The van der Waals surface area contributed by atoms with Gasteiger partial charge in [0.15, 0.2) is 9.84 Å². The molecule has 0 radical (unpaired) electrons. The third kappa shape index (κ3) is 6.61. The van der Waals surface area contributed by atoms with E-state index in [1.807, 2.05) is 39.0 Å². The summed E-state index contributed by atoms with van der Waals surface area (Å²) in [6, 6.07) is 10.4. The first-order valence-electron chi connectivity index (χ1n) is 16.0. The minimum absolute atomic E-state index is 0.0677. The Morgan fingerprint density at radius 1 is 1.16 bits per heavy atom. The normalized spacial score (nSPS) is 26.2. The summed E-state index contributed by atoms with van der Waals surface area (Å²) < 4.78 is 38.3. The summed E-state index contributed by atoms with van der Waals surface area (Å²) in [5.41, 5.74) is 2.58. The molecule has 6 rings (SSSR count). The molecule has 3 atom stereocenters. The molecule has 2 saturated heterocycles. The molecule has 1 aromatic heterocycles. The summed E-state index contributed by atoms with van der Waals surface area (Å²) in [5, 5.41) is 9.66. The van der Waals surface area contributed by atoms with Gasteiger partial charge in [-0.25, -0.2) is 13.2 Å². The SMILES string of the molecule is CN1CCC[C@H]1COc1nc2c(c(N3CCN(C(=O)OC(C)(C)C)[C@@H](CC#N)C3)n1)CCC1(C2)CS(=O)(=O)Cc2ccccc21. The summed E-state index contributed by atoms with van der Waals surface area (Å²) >= 11 is 0. The summed E-state index contributed by atoms with van der Waals surface area (Å²) in [5.74, 6) is 0.916. The van der Waals surface area contributed by atoms with Crippen LogP contribution < -0.4 is 9.64 Å². The van der Waals surface area contributed by atoms with Crippen LogP contribution >= 0.6 is 0 Å². The number of nitrogens with zero attached hydrogens (tertiary/aromatic N) is 6. The van der Waals surface area contributed by atoms with Crippen molar-refractivity contribution in [3.8, 4) is 12.1 Å². The maximum Gasteiger partial charge on any atom is 0.410 e. The van der Waals surface area contributed by atoms with Crippen LogP contribution in [0.25, 0.3) is 0 Å². The van der Waals surface area contributed by atoms with Gasteiger partial charge in [0.2, 0.25) is 0 Å². The van der Waals surface area contributed by atoms with Crippen LogP contribution in [0.5, 0.6) is 6.01 Å². The molecule has 1 unspecified atom stereocenters. The second-order valence-electron chi connectivity index (χ2n) is 14.1. The molecular formula is C33H44N6O5S. The average Bonchev–Trinajstić information content (AvgIpc) is 3.38. The van der Waals surface area contributed by atoms with E-state index < -0.39 is 26.9 Å². The summed E-state index contributed by atoms with van der Waals surface area (Å²) in [4.78, 5) is 29.1. The lowest BCUT2D eigenvalue weighted by atomic mass is 9.68. The first kappa shape index (κ1) is 31.5. The van der Waals surface area contributed by atoms with Crippen molar-refractivity contribution in [1.29, 1.82) is 5.26 Å². The number of anilines is 1. The minimum atomic E-state index is -3.29. The highest BCUT2D eigenvalue weighted by atomic mass is 32.2. The van der Waals surface area contributed by atoms with Crippen LogP contribution in [0.15, 0.2) is 24.3 Å². The number of ether oxygens (including phenoxy) is 2. The van der Waals surface area contributed by atoms with E-state index in [1.165, 1.54) is 0 Å². The monoisotopic (exact) mass is 636 g/mol. The van der Waals surface area contributed by atoms with Gasteiger partial charge in [-0.15, -0.1) is 0 Å². The Morgan fingerprint density at radius 3 is 2.69 bits per heavy atom. The smallest absolute Gasteiger partial charge is 0.410 e. The van der Waals surface area contributed by atoms with Crippen LogP contribution in [0.1, 0.15) is 68.8 Å². The predicted molar refractivity (Wildman–Crippen MR) is 170 cm³/mol. The molecule has 242 valence electrons. The van der Waals surface area contributed by atoms with Gasteiger partial charge in [0.05, 0.1) is 35.7 Å². The molecule has 4 aliphatic rings. The van der Waals surface area contributed by atoms with Crippen LogP contribution in [0.3, 0.4) is 0 Å². The number of fused-ring (bicyclic) bond motifs is 3. The Kier molecular flexibility index (Phi) is 8.46. The van der Waals surface area contributed by atoms with E-state index in [0.717, 1.165) is 47.6 Å². The molecule has 11 nitrogen and oxygen atoms in total. The third-order valence-corrected chi connectivity index (χ3v) is 11.4. The zero-order valence-electron chi connectivity index (χ0n) is 26.8. The van der Waals surface area contributed by atoms with Crippen molar-refractivity contribution >= 4 is 21.7 Å². The molecule has 2 fully saturated rings. The molecule has 45 heavy (non-hydrogen) atoms. The van der Waals surface area contributed by atoms with Crippen molar-refractivity contribution in [2.24, 2.45) is 0 Å². The Morgan fingerprint density at radius 2 is 1.96 bits per heavy atom. The van der Waals surface area contributed by atoms with Gasteiger partial charge >= 0.3 is 12.1 Å². The average molecular weight is 637 g/mol. The molecule has 1 amide bonds. The van der Waals surface area contributed by atoms with Crippen molar-refractivity contribution in [3.63, 3.8) is 0 Å². The zero-order chi connectivity index (χ0) is 32.0. The van der Waals surface area contributed by atoms with E-state index in [4.69, 9.17) is 19.4 Å². The van der Waals surface area contributed by atoms with E-state index in [9.17, 15) is 18.5 Å². The lowest BCUT2D eigenvalue weighted by Gasteiger charge is -2.44. The summed E-state index contributed by atoms with van der Waals surface area (Å²) in [6.07, 6.45) is 3.68. The molecule has 4 heterocycles. The van der Waals surface area contributed by atoms with Crippen LogP contribution in [-0.4, -0.2) is 97.5 Å².